The topological polar surface area (TPSA) is 35.5 Å². The van der Waals surface area contributed by atoms with Crippen LogP contribution in [0.1, 0.15) is 18.6 Å². The number of ether oxygens (including phenoxy) is 2. The van der Waals surface area contributed by atoms with Crippen molar-refractivity contribution in [2.45, 2.75) is 17.9 Å². The molecule has 0 heterocycles. The summed E-state index contributed by atoms with van der Waals surface area (Å²) in [5.74, 6) is 0.445. The van der Waals surface area contributed by atoms with Crippen molar-refractivity contribution >= 4 is 17.7 Å². The normalized spacial score (nSPS) is 11.7. The van der Waals surface area contributed by atoms with Crippen molar-refractivity contribution in [3.05, 3.63) is 78.4 Å². The molecule has 2 aromatic carbocycles. The lowest BCUT2D eigenvalue weighted by atomic mass is 10.1. The molecule has 0 bridgehead atoms. The molecular formula is C20H22O3S. The van der Waals surface area contributed by atoms with E-state index in [1.54, 1.807) is 18.7 Å². The Balaban J connectivity index is 1.86. The maximum Gasteiger partial charge on any atom is 0.333 e. The molecule has 2 rings (SSSR count). The van der Waals surface area contributed by atoms with Crippen LogP contribution in [0.3, 0.4) is 0 Å². The number of hydrogen-bond donors (Lipinski definition) is 0. The van der Waals surface area contributed by atoms with Crippen molar-refractivity contribution in [2.75, 3.05) is 19.0 Å². The van der Waals surface area contributed by atoms with Crippen molar-refractivity contribution in [1.82, 2.24) is 0 Å². The molecule has 1 atom stereocenters. The van der Waals surface area contributed by atoms with Crippen LogP contribution in [0, 0.1) is 0 Å². The first-order valence-corrected chi connectivity index (χ1v) is 8.82. The van der Waals surface area contributed by atoms with Gasteiger partial charge >= 0.3 is 5.97 Å². The molecule has 0 fully saturated rings. The minimum atomic E-state index is -0.391. The molecule has 0 aliphatic rings. The van der Waals surface area contributed by atoms with E-state index in [0.29, 0.717) is 12.2 Å². The minimum Gasteiger partial charge on any atom is -0.459 e. The van der Waals surface area contributed by atoms with Crippen molar-refractivity contribution in [2.24, 2.45) is 0 Å². The standard InChI is InChI=1S/C20H22O3S/c1-16(2)20(21)23-15-19(17-9-5-3-6-10-17)22-13-14-24-18-11-7-4-8-12-18/h3-12,19H,1,13-15H2,2H3. The molecule has 4 heteroatoms. The Labute approximate surface area is 147 Å². The maximum atomic E-state index is 11.6. The molecule has 24 heavy (non-hydrogen) atoms. The Hall–Kier alpha value is -2.04. The van der Waals surface area contributed by atoms with Crippen LogP contribution in [0.25, 0.3) is 0 Å². The zero-order valence-corrected chi connectivity index (χ0v) is 14.6. The fourth-order valence-corrected chi connectivity index (χ4v) is 2.81. The number of rotatable bonds is 9. The number of esters is 1. The summed E-state index contributed by atoms with van der Waals surface area (Å²) >= 11 is 1.74. The van der Waals surface area contributed by atoms with Gasteiger partial charge in [0.25, 0.3) is 0 Å². The van der Waals surface area contributed by atoms with E-state index in [-0.39, 0.29) is 12.7 Å². The van der Waals surface area contributed by atoms with E-state index >= 15 is 0 Å². The molecule has 0 aromatic heterocycles. The summed E-state index contributed by atoms with van der Waals surface area (Å²) < 4.78 is 11.2. The van der Waals surface area contributed by atoms with Gasteiger partial charge in [-0.05, 0) is 24.6 Å². The van der Waals surface area contributed by atoms with Gasteiger partial charge in [0, 0.05) is 16.2 Å². The highest BCUT2D eigenvalue weighted by molar-refractivity contribution is 7.99. The first-order chi connectivity index (χ1) is 11.7. The van der Waals surface area contributed by atoms with Crippen molar-refractivity contribution in [1.29, 1.82) is 0 Å². The monoisotopic (exact) mass is 342 g/mol. The number of hydrogen-bond acceptors (Lipinski definition) is 4. The zero-order chi connectivity index (χ0) is 17.2. The van der Waals surface area contributed by atoms with Gasteiger partial charge in [0.15, 0.2) is 0 Å². The Morgan fingerprint density at radius 1 is 1.08 bits per heavy atom. The molecule has 0 aliphatic heterocycles. The van der Waals surface area contributed by atoms with E-state index in [0.717, 1.165) is 11.3 Å². The quantitative estimate of drug-likeness (QED) is 0.287. The van der Waals surface area contributed by atoms with Crippen LogP contribution in [0.5, 0.6) is 0 Å². The van der Waals surface area contributed by atoms with Gasteiger partial charge in [0.2, 0.25) is 0 Å². The van der Waals surface area contributed by atoms with Gasteiger partial charge in [-0.2, -0.15) is 0 Å². The number of carbonyl (C=O) groups excluding carboxylic acids is 1. The molecule has 126 valence electrons. The third kappa shape index (κ3) is 6.22. The van der Waals surface area contributed by atoms with Gasteiger partial charge in [-0.3, -0.25) is 0 Å². The molecule has 0 amide bonds. The Morgan fingerprint density at radius 3 is 2.33 bits per heavy atom. The highest BCUT2D eigenvalue weighted by atomic mass is 32.2. The van der Waals surface area contributed by atoms with Gasteiger partial charge < -0.3 is 9.47 Å². The summed E-state index contributed by atoms with van der Waals surface area (Å²) in [4.78, 5) is 12.8. The van der Waals surface area contributed by atoms with Gasteiger partial charge in [0.05, 0.1) is 6.61 Å². The molecule has 0 spiro atoms. The molecule has 1 unspecified atom stereocenters. The van der Waals surface area contributed by atoms with Gasteiger partial charge in [-0.1, -0.05) is 55.1 Å². The predicted molar refractivity (Wildman–Crippen MR) is 98.1 cm³/mol. The summed E-state index contributed by atoms with van der Waals surface area (Å²) in [7, 11) is 0. The average Bonchev–Trinajstić information content (AvgIpc) is 2.62. The van der Waals surface area contributed by atoms with Crippen LogP contribution in [0.2, 0.25) is 0 Å². The molecule has 3 nitrogen and oxygen atoms in total. The van der Waals surface area contributed by atoms with Gasteiger partial charge in [0.1, 0.15) is 12.7 Å². The smallest absolute Gasteiger partial charge is 0.333 e. The van der Waals surface area contributed by atoms with Crippen molar-refractivity contribution in [3.8, 4) is 0 Å². The third-order valence-corrected chi connectivity index (χ3v) is 4.28. The Morgan fingerprint density at radius 2 is 1.71 bits per heavy atom. The fraction of sp³-hybridized carbons (Fsp3) is 0.250. The van der Waals surface area contributed by atoms with Crippen LogP contribution in [0.4, 0.5) is 0 Å². The Kier molecular flexibility index (Phi) is 7.59. The van der Waals surface area contributed by atoms with Gasteiger partial charge in [-0.15, -0.1) is 11.8 Å². The number of carbonyl (C=O) groups is 1. The highest BCUT2D eigenvalue weighted by Crippen LogP contribution is 2.21. The molecular weight excluding hydrogens is 320 g/mol. The summed E-state index contributed by atoms with van der Waals surface area (Å²) in [6, 6.07) is 20.0. The largest absolute Gasteiger partial charge is 0.459 e. The highest BCUT2D eigenvalue weighted by Gasteiger charge is 2.15. The minimum absolute atomic E-state index is 0.186. The summed E-state index contributed by atoms with van der Waals surface area (Å²) in [6.07, 6.45) is -0.272. The van der Waals surface area contributed by atoms with Gasteiger partial charge in [-0.25, -0.2) is 4.79 Å². The number of benzene rings is 2. The average molecular weight is 342 g/mol. The second-order valence-corrected chi connectivity index (χ2v) is 6.48. The van der Waals surface area contributed by atoms with Crippen LogP contribution in [0.15, 0.2) is 77.7 Å². The zero-order valence-electron chi connectivity index (χ0n) is 13.8. The lowest BCUT2D eigenvalue weighted by molar-refractivity contribution is -0.143. The van der Waals surface area contributed by atoms with Crippen LogP contribution in [-0.4, -0.2) is 24.9 Å². The van der Waals surface area contributed by atoms with Crippen LogP contribution < -0.4 is 0 Å². The molecule has 0 N–H and O–H groups in total. The first kappa shape index (κ1) is 18.3. The maximum absolute atomic E-state index is 11.6. The number of thioether (sulfide) groups is 1. The summed E-state index contributed by atoms with van der Waals surface area (Å²) in [5, 5.41) is 0. The van der Waals surface area contributed by atoms with E-state index in [4.69, 9.17) is 9.47 Å². The molecule has 0 saturated heterocycles. The van der Waals surface area contributed by atoms with Crippen LogP contribution >= 0.6 is 11.8 Å². The third-order valence-electron chi connectivity index (χ3n) is 3.30. The van der Waals surface area contributed by atoms with Crippen molar-refractivity contribution in [3.63, 3.8) is 0 Å². The summed E-state index contributed by atoms with van der Waals surface area (Å²) in [5.41, 5.74) is 1.39. The second-order valence-electron chi connectivity index (χ2n) is 5.31. The predicted octanol–water partition coefficient (Wildman–Crippen LogP) is 4.66. The van der Waals surface area contributed by atoms with E-state index in [9.17, 15) is 4.79 Å². The summed E-state index contributed by atoms with van der Waals surface area (Å²) in [6.45, 7) is 5.99. The Bertz CT molecular complexity index is 640. The van der Waals surface area contributed by atoms with E-state index in [1.165, 1.54) is 4.90 Å². The van der Waals surface area contributed by atoms with E-state index < -0.39 is 5.97 Å². The van der Waals surface area contributed by atoms with Crippen molar-refractivity contribution < 1.29 is 14.3 Å². The fourth-order valence-electron chi connectivity index (χ4n) is 2.05. The molecule has 0 saturated carbocycles. The van der Waals surface area contributed by atoms with Crippen LogP contribution in [-0.2, 0) is 14.3 Å². The molecule has 0 radical (unpaired) electrons. The molecule has 0 aliphatic carbocycles. The van der Waals surface area contributed by atoms with E-state index in [2.05, 4.69) is 18.7 Å². The second kappa shape index (κ2) is 9.96. The lowest BCUT2D eigenvalue weighted by Crippen LogP contribution is -2.17. The first-order valence-electron chi connectivity index (χ1n) is 7.84. The lowest BCUT2D eigenvalue weighted by Gasteiger charge is -2.18. The molecule has 2 aromatic rings. The van der Waals surface area contributed by atoms with E-state index in [1.807, 2.05) is 48.5 Å². The SMILES string of the molecule is C=C(C)C(=O)OCC(OCCSc1ccccc1)c1ccccc1.